The molecule has 2 aliphatic heterocycles. The number of pyridine rings is 1. The monoisotopic (exact) mass is 714 g/mol. The van der Waals surface area contributed by atoms with Gasteiger partial charge < -0.3 is 9.64 Å². The minimum Gasteiger partial charge on any atom is -0.489 e. The van der Waals surface area contributed by atoms with Crippen molar-refractivity contribution in [1.82, 2.24) is 35.8 Å². The molecular weight excluding hydrogens is 688 g/mol. The zero-order chi connectivity index (χ0) is 36.4. The first-order chi connectivity index (χ1) is 26.5. The maximum atomic E-state index is 14.4. The van der Waals surface area contributed by atoms with Gasteiger partial charge in [-0.2, -0.15) is 0 Å². The standard InChI is InChI=1S/C40H26N8O6/c49-37-30-19-28(52-21-23-9-16-31-33(18-23)45-53-43-31)15-12-26(30)20-47(37)22-40(38(50)42-39(51)48(40)34-8-2-7-32-36(34)46-54-44-32)27-13-10-24(11-14-27)29-6-1-4-25-5-3-17-41-35(25)29/h1-19H,20-22H2,(H,42,50,51). The normalized spacial score (nSPS) is 16.9. The van der Waals surface area contributed by atoms with E-state index in [1.165, 1.54) is 4.90 Å². The zero-order valence-electron chi connectivity index (χ0n) is 28.2. The van der Waals surface area contributed by atoms with Crippen LogP contribution in [0, 0.1) is 0 Å². The molecule has 0 bridgehead atoms. The smallest absolute Gasteiger partial charge is 0.329 e. The van der Waals surface area contributed by atoms with Crippen molar-refractivity contribution in [3.63, 3.8) is 0 Å². The fourth-order valence-electron chi connectivity index (χ4n) is 7.49. The fraction of sp³-hybridized carbons (Fsp3) is 0.100. The number of imide groups is 1. The van der Waals surface area contributed by atoms with Crippen molar-refractivity contribution in [2.75, 3.05) is 11.4 Å². The van der Waals surface area contributed by atoms with Crippen LogP contribution in [0.2, 0.25) is 0 Å². The Labute approximate surface area is 304 Å². The average Bonchev–Trinajstić information content (AvgIpc) is 3.99. The van der Waals surface area contributed by atoms with Crippen LogP contribution in [0.5, 0.6) is 5.75 Å². The number of hydrogen-bond donors (Lipinski definition) is 1. The molecule has 1 unspecified atom stereocenters. The Morgan fingerprint density at radius 2 is 1.56 bits per heavy atom. The van der Waals surface area contributed by atoms with E-state index in [0.717, 1.165) is 33.2 Å². The first kappa shape index (κ1) is 31.3. The third-order valence-electron chi connectivity index (χ3n) is 10.1. The Kier molecular flexibility index (Phi) is 6.98. The van der Waals surface area contributed by atoms with Crippen molar-refractivity contribution < 1.29 is 28.4 Å². The highest BCUT2D eigenvalue weighted by Crippen LogP contribution is 2.43. The molecule has 10 rings (SSSR count). The number of nitrogens with zero attached hydrogens (tertiary/aromatic N) is 7. The minimum absolute atomic E-state index is 0.170. The number of carbonyl (C=O) groups excluding carboxylic acids is 3. The van der Waals surface area contributed by atoms with Crippen LogP contribution in [-0.4, -0.2) is 54.9 Å². The average molecular weight is 715 g/mol. The van der Waals surface area contributed by atoms with E-state index < -0.39 is 17.5 Å². The predicted molar refractivity (Wildman–Crippen MR) is 194 cm³/mol. The molecule has 0 radical (unpaired) electrons. The molecule has 2 aliphatic rings. The summed E-state index contributed by atoms with van der Waals surface area (Å²) in [7, 11) is 0. The minimum atomic E-state index is -1.70. The summed E-state index contributed by atoms with van der Waals surface area (Å²) >= 11 is 0. The predicted octanol–water partition coefficient (Wildman–Crippen LogP) is 6.16. The lowest BCUT2D eigenvalue weighted by atomic mass is 9.85. The van der Waals surface area contributed by atoms with Crippen molar-refractivity contribution in [2.24, 2.45) is 0 Å². The topological polar surface area (TPSA) is 170 Å². The summed E-state index contributed by atoms with van der Waals surface area (Å²) in [5.41, 5.74) is 5.71. The Hall–Kier alpha value is -7.48. The largest absolute Gasteiger partial charge is 0.489 e. The van der Waals surface area contributed by atoms with Gasteiger partial charge in [0.25, 0.3) is 11.8 Å². The molecule has 0 aliphatic carbocycles. The number of carbonyl (C=O) groups is 3. The number of fused-ring (bicyclic) bond motifs is 4. The van der Waals surface area contributed by atoms with Gasteiger partial charge in [0.15, 0.2) is 11.1 Å². The van der Waals surface area contributed by atoms with E-state index in [9.17, 15) is 14.4 Å². The molecule has 0 saturated carbocycles. The highest BCUT2D eigenvalue weighted by Gasteiger charge is 2.57. The molecule has 0 spiro atoms. The second kappa shape index (κ2) is 12.1. The molecule has 3 aromatic heterocycles. The Balaban J connectivity index is 1.02. The molecule has 5 aromatic carbocycles. The van der Waals surface area contributed by atoms with E-state index >= 15 is 0 Å². The summed E-state index contributed by atoms with van der Waals surface area (Å²) in [4.78, 5) is 50.1. The number of urea groups is 1. The van der Waals surface area contributed by atoms with E-state index in [2.05, 4.69) is 30.9 Å². The molecule has 14 nitrogen and oxygen atoms in total. The van der Waals surface area contributed by atoms with Gasteiger partial charge in [-0.15, -0.1) is 0 Å². The fourth-order valence-corrected chi connectivity index (χ4v) is 7.49. The number of nitrogens with one attached hydrogen (secondary N) is 1. The molecule has 1 fully saturated rings. The number of anilines is 1. The van der Waals surface area contributed by atoms with Crippen LogP contribution >= 0.6 is 0 Å². The molecule has 5 heterocycles. The summed E-state index contributed by atoms with van der Waals surface area (Å²) in [5, 5.41) is 19.3. The molecule has 262 valence electrons. The van der Waals surface area contributed by atoms with E-state index in [0.29, 0.717) is 44.6 Å². The van der Waals surface area contributed by atoms with Gasteiger partial charge in [0, 0.05) is 29.3 Å². The van der Waals surface area contributed by atoms with Gasteiger partial charge in [-0.1, -0.05) is 66.7 Å². The SMILES string of the molecule is O=C1c2cc(OCc3ccc4nonc4c3)ccc2CN1CC1(c2ccc(-c3cccc4cccnc34)cc2)C(=O)NC(=O)N1c1cccc2nonc12. The van der Waals surface area contributed by atoms with Crippen LogP contribution in [0.25, 0.3) is 44.1 Å². The van der Waals surface area contributed by atoms with E-state index in [1.807, 2.05) is 72.8 Å². The lowest BCUT2D eigenvalue weighted by Crippen LogP contribution is -2.55. The van der Waals surface area contributed by atoms with Crippen LogP contribution in [-0.2, 0) is 23.5 Å². The van der Waals surface area contributed by atoms with Crippen LogP contribution in [0.3, 0.4) is 0 Å². The first-order valence-electron chi connectivity index (χ1n) is 17.0. The second-order valence-corrected chi connectivity index (χ2v) is 13.2. The summed E-state index contributed by atoms with van der Waals surface area (Å²) < 4.78 is 15.9. The molecule has 4 amide bonds. The zero-order valence-corrected chi connectivity index (χ0v) is 28.2. The molecule has 1 saturated heterocycles. The highest BCUT2D eigenvalue weighted by atomic mass is 16.6. The summed E-state index contributed by atoms with van der Waals surface area (Å²) in [6.07, 6.45) is 1.75. The van der Waals surface area contributed by atoms with Crippen molar-refractivity contribution in [3.05, 3.63) is 138 Å². The lowest BCUT2D eigenvalue weighted by Gasteiger charge is -2.38. The summed E-state index contributed by atoms with van der Waals surface area (Å²) in [6.45, 7) is 0.265. The van der Waals surface area contributed by atoms with E-state index in [-0.39, 0.29) is 25.6 Å². The quantitative estimate of drug-likeness (QED) is 0.179. The second-order valence-electron chi connectivity index (χ2n) is 13.2. The van der Waals surface area contributed by atoms with Crippen molar-refractivity contribution >= 4 is 56.5 Å². The molecule has 1 atom stereocenters. The van der Waals surface area contributed by atoms with E-state index in [1.54, 1.807) is 47.5 Å². The van der Waals surface area contributed by atoms with Gasteiger partial charge >= 0.3 is 6.03 Å². The number of benzene rings is 5. The maximum absolute atomic E-state index is 14.4. The molecule has 1 N–H and O–H groups in total. The number of aromatic nitrogens is 5. The highest BCUT2D eigenvalue weighted by molar-refractivity contribution is 6.19. The first-order valence-corrected chi connectivity index (χ1v) is 17.0. The van der Waals surface area contributed by atoms with Crippen LogP contribution in [0.1, 0.15) is 27.0 Å². The van der Waals surface area contributed by atoms with Crippen LogP contribution in [0.15, 0.2) is 125 Å². The van der Waals surface area contributed by atoms with Gasteiger partial charge in [0.2, 0.25) is 0 Å². The summed E-state index contributed by atoms with van der Waals surface area (Å²) in [6, 6.07) is 32.5. The third kappa shape index (κ3) is 4.87. The number of ether oxygens (including phenoxy) is 1. The Morgan fingerprint density at radius 1 is 0.741 bits per heavy atom. The van der Waals surface area contributed by atoms with Crippen molar-refractivity contribution in [1.29, 1.82) is 0 Å². The van der Waals surface area contributed by atoms with Crippen LogP contribution in [0.4, 0.5) is 10.5 Å². The maximum Gasteiger partial charge on any atom is 0.329 e. The van der Waals surface area contributed by atoms with Gasteiger partial charge in [-0.3, -0.25) is 24.8 Å². The molecular formula is C40H26N8O6. The van der Waals surface area contributed by atoms with Gasteiger partial charge in [-0.05, 0) is 85.3 Å². The van der Waals surface area contributed by atoms with Gasteiger partial charge in [-0.25, -0.2) is 14.1 Å². The van der Waals surface area contributed by atoms with Crippen LogP contribution < -0.4 is 15.0 Å². The van der Waals surface area contributed by atoms with Gasteiger partial charge in [0.1, 0.15) is 28.9 Å². The van der Waals surface area contributed by atoms with Gasteiger partial charge in [0.05, 0.1) is 17.7 Å². The van der Waals surface area contributed by atoms with Crippen molar-refractivity contribution in [2.45, 2.75) is 18.7 Å². The Bertz CT molecular complexity index is 2810. The van der Waals surface area contributed by atoms with Crippen molar-refractivity contribution in [3.8, 4) is 16.9 Å². The number of amides is 4. The Morgan fingerprint density at radius 3 is 2.46 bits per heavy atom. The molecule has 14 heteroatoms. The lowest BCUT2D eigenvalue weighted by molar-refractivity contribution is -0.124. The molecule has 8 aromatic rings. The number of hydrogen-bond acceptors (Lipinski definition) is 11. The van der Waals surface area contributed by atoms with E-state index in [4.69, 9.17) is 14.0 Å². The summed E-state index contributed by atoms with van der Waals surface area (Å²) in [5.74, 6) is -0.402. The number of rotatable bonds is 8. The third-order valence-corrected chi connectivity index (χ3v) is 10.1. The number of para-hydroxylation sites is 1. The molecule has 54 heavy (non-hydrogen) atoms.